The first kappa shape index (κ1) is 21.5. The Hall–Kier alpha value is -3.20. The highest BCUT2D eigenvalue weighted by atomic mass is 127. The van der Waals surface area contributed by atoms with E-state index in [2.05, 4.69) is 33.2 Å². The van der Waals surface area contributed by atoms with Gasteiger partial charge in [-0.15, -0.1) is 0 Å². The van der Waals surface area contributed by atoms with Crippen molar-refractivity contribution in [1.29, 1.82) is 0 Å². The summed E-state index contributed by atoms with van der Waals surface area (Å²) in [6.45, 7) is 1.58. The number of carbonyl (C=O) groups excluding carboxylic acids is 3. The summed E-state index contributed by atoms with van der Waals surface area (Å²) in [5.41, 5.74) is 2.46. The molecule has 0 heterocycles. The van der Waals surface area contributed by atoms with Crippen LogP contribution in [-0.4, -0.2) is 17.8 Å². The van der Waals surface area contributed by atoms with Gasteiger partial charge in [0, 0.05) is 28.3 Å². The molecule has 0 bridgehead atoms. The molecule has 2 amide bonds. The Morgan fingerprint density at radius 1 is 0.900 bits per heavy atom. The van der Waals surface area contributed by atoms with Crippen molar-refractivity contribution in [2.45, 2.75) is 13.5 Å². The number of halogens is 1. The van der Waals surface area contributed by atoms with Crippen molar-refractivity contribution >= 4 is 46.1 Å². The number of esters is 1. The van der Waals surface area contributed by atoms with Crippen LogP contribution in [0.15, 0.2) is 72.8 Å². The smallest absolute Gasteiger partial charge is 0.308 e. The van der Waals surface area contributed by atoms with Crippen LogP contribution in [0.4, 0.5) is 5.69 Å². The van der Waals surface area contributed by atoms with E-state index in [1.807, 2.05) is 36.4 Å². The zero-order valence-corrected chi connectivity index (χ0v) is 18.3. The third-order valence-electron chi connectivity index (χ3n) is 4.11. The molecule has 0 spiro atoms. The van der Waals surface area contributed by atoms with Crippen LogP contribution in [-0.2, 0) is 11.3 Å². The molecule has 0 aliphatic heterocycles. The lowest BCUT2D eigenvalue weighted by molar-refractivity contribution is -0.131. The van der Waals surface area contributed by atoms with Crippen molar-refractivity contribution in [1.82, 2.24) is 5.32 Å². The van der Waals surface area contributed by atoms with Crippen LogP contribution in [0.2, 0.25) is 0 Å². The monoisotopic (exact) mass is 514 g/mol. The van der Waals surface area contributed by atoms with Crippen LogP contribution < -0.4 is 15.4 Å². The number of carbonyl (C=O) groups is 3. The topological polar surface area (TPSA) is 84.5 Å². The first-order chi connectivity index (χ1) is 14.4. The van der Waals surface area contributed by atoms with Crippen molar-refractivity contribution < 1.29 is 19.1 Å². The maximum absolute atomic E-state index is 12.5. The molecule has 0 radical (unpaired) electrons. The molecule has 6 nitrogen and oxygen atoms in total. The summed E-state index contributed by atoms with van der Waals surface area (Å²) >= 11 is 2.12. The van der Waals surface area contributed by atoms with Gasteiger partial charge >= 0.3 is 5.97 Å². The van der Waals surface area contributed by atoms with Crippen molar-refractivity contribution in [2.24, 2.45) is 0 Å². The minimum Gasteiger partial charge on any atom is -0.427 e. The zero-order chi connectivity index (χ0) is 21.5. The molecule has 0 aliphatic rings. The highest BCUT2D eigenvalue weighted by Gasteiger charge is 2.11. The van der Waals surface area contributed by atoms with Crippen LogP contribution in [0.3, 0.4) is 0 Å². The second-order valence-electron chi connectivity index (χ2n) is 6.44. The number of anilines is 1. The number of nitrogens with one attached hydrogen (secondary N) is 2. The maximum Gasteiger partial charge on any atom is 0.308 e. The molecular weight excluding hydrogens is 495 g/mol. The Bertz CT molecular complexity index is 1100. The van der Waals surface area contributed by atoms with E-state index in [0.29, 0.717) is 22.6 Å². The molecular formula is C23H19IN2O4. The fourth-order valence-corrected chi connectivity index (χ4v) is 3.39. The normalized spacial score (nSPS) is 10.2. The molecule has 3 aromatic carbocycles. The average Bonchev–Trinajstić information content (AvgIpc) is 2.72. The SMILES string of the molecule is CC(=O)Oc1cccc(C(=O)NCc2cccc(NC(=O)c3ccccc3I)c2)c1. The lowest BCUT2D eigenvalue weighted by Crippen LogP contribution is -2.23. The van der Waals surface area contributed by atoms with Gasteiger partial charge in [-0.1, -0.05) is 30.3 Å². The van der Waals surface area contributed by atoms with Crippen molar-refractivity contribution in [3.8, 4) is 5.75 Å². The molecule has 2 N–H and O–H groups in total. The largest absolute Gasteiger partial charge is 0.427 e. The molecule has 0 fully saturated rings. The van der Waals surface area contributed by atoms with E-state index in [0.717, 1.165) is 9.13 Å². The van der Waals surface area contributed by atoms with Crippen molar-refractivity contribution in [2.75, 3.05) is 5.32 Å². The van der Waals surface area contributed by atoms with E-state index in [1.54, 1.807) is 30.3 Å². The molecule has 3 rings (SSSR count). The molecule has 0 saturated heterocycles. The van der Waals surface area contributed by atoms with Crippen LogP contribution in [0.5, 0.6) is 5.75 Å². The van der Waals surface area contributed by atoms with Crippen LogP contribution in [0.25, 0.3) is 0 Å². The van der Waals surface area contributed by atoms with Gasteiger partial charge in [-0.25, -0.2) is 0 Å². The zero-order valence-electron chi connectivity index (χ0n) is 16.1. The Balaban J connectivity index is 1.63. The predicted octanol–water partition coefficient (Wildman–Crippen LogP) is 4.40. The number of amides is 2. The summed E-state index contributed by atoms with van der Waals surface area (Å²) in [4.78, 5) is 36.0. The van der Waals surface area contributed by atoms with Gasteiger partial charge in [0.15, 0.2) is 0 Å². The van der Waals surface area contributed by atoms with Gasteiger partial charge in [0.1, 0.15) is 5.75 Å². The summed E-state index contributed by atoms with van der Waals surface area (Å²) < 4.78 is 5.87. The van der Waals surface area contributed by atoms with Gasteiger partial charge in [-0.2, -0.15) is 0 Å². The molecule has 152 valence electrons. The Morgan fingerprint density at radius 2 is 1.67 bits per heavy atom. The van der Waals surface area contributed by atoms with Crippen LogP contribution in [0, 0.1) is 3.57 Å². The van der Waals surface area contributed by atoms with Gasteiger partial charge in [0.25, 0.3) is 11.8 Å². The first-order valence-electron chi connectivity index (χ1n) is 9.14. The highest BCUT2D eigenvalue weighted by Crippen LogP contribution is 2.17. The minimum atomic E-state index is -0.448. The summed E-state index contributed by atoms with van der Waals surface area (Å²) in [5.74, 6) is -0.618. The van der Waals surface area contributed by atoms with E-state index < -0.39 is 5.97 Å². The molecule has 0 aliphatic carbocycles. The second kappa shape index (κ2) is 10.0. The summed E-state index contributed by atoms with van der Waals surface area (Å²) in [6.07, 6.45) is 0. The van der Waals surface area contributed by atoms with Crippen molar-refractivity contribution in [3.63, 3.8) is 0 Å². The maximum atomic E-state index is 12.5. The standard InChI is InChI=1S/C23H19IN2O4/c1-15(27)30-19-9-5-7-17(13-19)22(28)25-14-16-6-4-8-18(12-16)26-23(29)20-10-2-3-11-21(20)24/h2-13H,14H2,1H3,(H,25,28)(H,26,29). The fraction of sp³-hybridized carbons (Fsp3) is 0.0870. The predicted molar refractivity (Wildman–Crippen MR) is 122 cm³/mol. The van der Waals surface area contributed by atoms with Crippen molar-refractivity contribution in [3.05, 3.63) is 93.1 Å². The molecule has 0 aromatic heterocycles. The summed E-state index contributed by atoms with van der Waals surface area (Å²) in [5, 5.41) is 5.70. The molecule has 0 atom stereocenters. The lowest BCUT2D eigenvalue weighted by Gasteiger charge is -2.10. The summed E-state index contributed by atoms with van der Waals surface area (Å²) in [7, 11) is 0. The molecule has 7 heteroatoms. The van der Waals surface area contributed by atoms with E-state index in [1.165, 1.54) is 13.0 Å². The van der Waals surface area contributed by atoms with Gasteiger partial charge < -0.3 is 15.4 Å². The lowest BCUT2D eigenvalue weighted by atomic mass is 10.1. The number of benzene rings is 3. The average molecular weight is 514 g/mol. The first-order valence-corrected chi connectivity index (χ1v) is 10.2. The van der Waals surface area contributed by atoms with Gasteiger partial charge in [-0.05, 0) is 70.6 Å². The number of hydrogen-bond donors (Lipinski definition) is 2. The quantitative estimate of drug-likeness (QED) is 0.290. The van der Waals surface area contributed by atoms with Crippen LogP contribution >= 0.6 is 22.6 Å². The Morgan fingerprint density at radius 3 is 2.43 bits per heavy atom. The minimum absolute atomic E-state index is 0.191. The second-order valence-corrected chi connectivity index (χ2v) is 7.60. The number of ether oxygens (including phenoxy) is 1. The summed E-state index contributed by atoms with van der Waals surface area (Å²) in [6, 6.07) is 21.0. The van der Waals surface area contributed by atoms with Gasteiger partial charge in [-0.3, -0.25) is 14.4 Å². The fourth-order valence-electron chi connectivity index (χ4n) is 2.75. The molecule has 30 heavy (non-hydrogen) atoms. The van der Waals surface area contributed by atoms with Gasteiger partial charge in [0.2, 0.25) is 0 Å². The molecule has 3 aromatic rings. The van der Waals surface area contributed by atoms with Gasteiger partial charge in [0.05, 0.1) is 5.56 Å². The highest BCUT2D eigenvalue weighted by molar-refractivity contribution is 14.1. The third kappa shape index (κ3) is 5.90. The number of hydrogen-bond acceptors (Lipinski definition) is 4. The molecule has 0 saturated carbocycles. The van der Waals surface area contributed by atoms with Crippen LogP contribution in [0.1, 0.15) is 33.2 Å². The van der Waals surface area contributed by atoms with E-state index in [-0.39, 0.29) is 18.4 Å². The van der Waals surface area contributed by atoms with E-state index in [4.69, 9.17) is 4.74 Å². The van der Waals surface area contributed by atoms with E-state index in [9.17, 15) is 14.4 Å². The Labute approximate surface area is 187 Å². The molecule has 0 unspecified atom stereocenters. The van der Waals surface area contributed by atoms with E-state index >= 15 is 0 Å². The third-order valence-corrected chi connectivity index (χ3v) is 5.05. The number of rotatable bonds is 6. The Kier molecular flexibility index (Phi) is 7.18.